The minimum atomic E-state index is -3.01. The number of amides is 1. The predicted octanol–water partition coefficient (Wildman–Crippen LogP) is 0.508. The van der Waals surface area contributed by atoms with Crippen LogP contribution in [0.25, 0.3) is 0 Å². The number of carbonyl (C=O) groups is 1. The van der Waals surface area contributed by atoms with Crippen molar-refractivity contribution < 1.29 is 17.9 Å². The molecular weight excluding hydrogens is 268 g/mol. The Labute approximate surface area is 113 Å². The molecule has 108 valence electrons. The molecule has 1 atom stereocenters. The Bertz CT molecular complexity index is 452. The van der Waals surface area contributed by atoms with Crippen LogP contribution in [-0.2, 0) is 14.6 Å². The summed E-state index contributed by atoms with van der Waals surface area (Å²) in [5.74, 6) is 0.144. The van der Waals surface area contributed by atoms with Crippen molar-refractivity contribution in [1.29, 1.82) is 0 Å². The Morgan fingerprint density at radius 1 is 1.42 bits per heavy atom. The highest BCUT2D eigenvalue weighted by molar-refractivity contribution is 7.94. The summed E-state index contributed by atoms with van der Waals surface area (Å²) < 4.78 is 27.6. The second-order valence-electron chi connectivity index (χ2n) is 4.89. The van der Waals surface area contributed by atoms with Crippen LogP contribution >= 0.6 is 0 Å². The molecule has 0 spiro atoms. The van der Waals surface area contributed by atoms with Gasteiger partial charge in [0, 0.05) is 30.6 Å². The molecule has 0 aromatic rings. The molecule has 2 heterocycles. The molecule has 2 aliphatic heterocycles. The van der Waals surface area contributed by atoms with E-state index in [1.807, 2.05) is 0 Å². The molecule has 0 aromatic heterocycles. The molecule has 1 N–H and O–H groups in total. The van der Waals surface area contributed by atoms with Crippen LogP contribution in [0.3, 0.4) is 0 Å². The summed E-state index contributed by atoms with van der Waals surface area (Å²) in [6.45, 7) is 3.49. The van der Waals surface area contributed by atoms with E-state index in [9.17, 15) is 13.2 Å². The molecule has 1 saturated heterocycles. The van der Waals surface area contributed by atoms with Crippen LogP contribution < -0.4 is 5.32 Å². The molecule has 2 rings (SSSR count). The maximum Gasteiger partial charge on any atom is 0.409 e. The monoisotopic (exact) mass is 288 g/mol. The topological polar surface area (TPSA) is 75.7 Å². The molecule has 0 saturated carbocycles. The van der Waals surface area contributed by atoms with Gasteiger partial charge >= 0.3 is 6.09 Å². The van der Waals surface area contributed by atoms with Crippen LogP contribution in [0.15, 0.2) is 11.5 Å². The largest absolute Gasteiger partial charge is 0.450 e. The highest BCUT2D eigenvalue weighted by Gasteiger charge is 2.27. The van der Waals surface area contributed by atoms with E-state index < -0.39 is 9.84 Å². The molecule has 0 aliphatic carbocycles. The molecule has 0 aromatic carbocycles. The average molecular weight is 288 g/mol. The van der Waals surface area contributed by atoms with Gasteiger partial charge in [0.15, 0.2) is 9.84 Å². The zero-order valence-electron chi connectivity index (χ0n) is 11.0. The van der Waals surface area contributed by atoms with Crippen LogP contribution in [0.1, 0.15) is 19.8 Å². The molecule has 6 nitrogen and oxygen atoms in total. The molecule has 1 fully saturated rings. The van der Waals surface area contributed by atoms with Crippen molar-refractivity contribution in [3.05, 3.63) is 11.5 Å². The SMILES string of the molecule is CCOC(=O)N1CCC(NC2C=CS(=O)(=O)C2)CC1. The van der Waals surface area contributed by atoms with Crippen molar-refractivity contribution in [1.82, 2.24) is 10.2 Å². The first-order chi connectivity index (χ1) is 9.00. The molecule has 2 aliphatic rings. The van der Waals surface area contributed by atoms with E-state index in [1.54, 1.807) is 17.9 Å². The zero-order chi connectivity index (χ0) is 13.9. The van der Waals surface area contributed by atoms with Gasteiger partial charge in [0.25, 0.3) is 0 Å². The van der Waals surface area contributed by atoms with E-state index in [0.29, 0.717) is 19.7 Å². The molecule has 1 amide bonds. The van der Waals surface area contributed by atoms with Crippen molar-refractivity contribution in [2.45, 2.75) is 31.8 Å². The summed E-state index contributed by atoms with van der Waals surface area (Å²) in [7, 11) is -3.01. The van der Waals surface area contributed by atoms with Crippen LogP contribution in [0.2, 0.25) is 0 Å². The van der Waals surface area contributed by atoms with Gasteiger partial charge < -0.3 is 15.0 Å². The van der Waals surface area contributed by atoms with Crippen molar-refractivity contribution in [2.24, 2.45) is 0 Å². The van der Waals surface area contributed by atoms with E-state index >= 15 is 0 Å². The third-order valence-corrected chi connectivity index (χ3v) is 4.80. The molecule has 0 bridgehead atoms. The summed E-state index contributed by atoms with van der Waals surface area (Å²) in [4.78, 5) is 13.2. The fourth-order valence-corrected chi connectivity index (χ4v) is 3.67. The quantitative estimate of drug-likeness (QED) is 0.819. The van der Waals surface area contributed by atoms with Gasteiger partial charge in [-0.15, -0.1) is 0 Å². The van der Waals surface area contributed by atoms with E-state index in [-0.39, 0.29) is 23.9 Å². The number of hydrogen-bond acceptors (Lipinski definition) is 5. The normalized spacial score (nSPS) is 26.6. The Balaban J connectivity index is 1.75. The number of rotatable bonds is 3. The first-order valence-electron chi connectivity index (χ1n) is 6.59. The summed E-state index contributed by atoms with van der Waals surface area (Å²) in [5, 5.41) is 4.60. The smallest absolute Gasteiger partial charge is 0.409 e. The molecule has 0 radical (unpaired) electrons. The lowest BCUT2D eigenvalue weighted by Gasteiger charge is -2.32. The minimum absolute atomic E-state index is 0.0934. The standard InChI is InChI=1S/C12H20N2O4S/c1-2-18-12(15)14-6-3-10(4-7-14)13-11-5-8-19(16,17)9-11/h5,8,10-11,13H,2-4,6-7,9H2,1H3. The van der Waals surface area contributed by atoms with E-state index in [2.05, 4.69) is 5.32 Å². The molecule has 1 unspecified atom stereocenters. The fourth-order valence-electron chi connectivity index (χ4n) is 2.43. The second-order valence-corrected chi connectivity index (χ2v) is 6.82. The number of ether oxygens (including phenoxy) is 1. The fraction of sp³-hybridized carbons (Fsp3) is 0.750. The Kier molecular flexibility index (Phi) is 4.46. The third-order valence-electron chi connectivity index (χ3n) is 3.40. The van der Waals surface area contributed by atoms with Gasteiger partial charge in [0.05, 0.1) is 12.4 Å². The second kappa shape index (κ2) is 5.92. The van der Waals surface area contributed by atoms with Crippen molar-refractivity contribution >= 4 is 15.9 Å². The third kappa shape index (κ3) is 3.94. The maximum atomic E-state index is 11.5. The van der Waals surface area contributed by atoms with Gasteiger partial charge in [-0.3, -0.25) is 0 Å². The Morgan fingerprint density at radius 2 is 2.11 bits per heavy atom. The number of piperidine rings is 1. The number of carbonyl (C=O) groups excluding carboxylic acids is 1. The number of sulfone groups is 1. The number of likely N-dealkylation sites (tertiary alicyclic amines) is 1. The number of nitrogens with one attached hydrogen (secondary N) is 1. The zero-order valence-corrected chi connectivity index (χ0v) is 11.9. The van der Waals surface area contributed by atoms with E-state index in [4.69, 9.17) is 4.74 Å². The lowest BCUT2D eigenvalue weighted by Crippen LogP contribution is -2.48. The lowest BCUT2D eigenvalue weighted by molar-refractivity contribution is 0.0948. The van der Waals surface area contributed by atoms with Crippen LogP contribution in [0.4, 0.5) is 4.79 Å². The Morgan fingerprint density at radius 3 is 2.63 bits per heavy atom. The van der Waals surface area contributed by atoms with Crippen molar-refractivity contribution in [2.75, 3.05) is 25.4 Å². The average Bonchev–Trinajstić information content (AvgIpc) is 2.70. The van der Waals surface area contributed by atoms with Gasteiger partial charge in [-0.1, -0.05) is 6.08 Å². The Hall–Kier alpha value is -1.08. The maximum absolute atomic E-state index is 11.5. The van der Waals surface area contributed by atoms with Crippen molar-refractivity contribution in [3.8, 4) is 0 Å². The van der Waals surface area contributed by atoms with Gasteiger partial charge in [-0.05, 0) is 19.8 Å². The highest BCUT2D eigenvalue weighted by Crippen LogP contribution is 2.15. The summed E-state index contributed by atoms with van der Waals surface area (Å²) >= 11 is 0. The molecule has 7 heteroatoms. The summed E-state index contributed by atoms with van der Waals surface area (Å²) in [6.07, 6.45) is 3.09. The predicted molar refractivity (Wildman–Crippen MR) is 71.5 cm³/mol. The van der Waals surface area contributed by atoms with Gasteiger partial charge in [-0.25, -0.2) is 13.2 Å². The van der Waals surface area contributed by atoms with Crippen LogP contribution in [0, 0.1) is 0 Å². The van der Waals surface area contributed by atoms with Gasteiger partial charge in [0.1, 0.15) is 0 Å². The lowest BCUT2D eigenvalue weighted by atomic mass is 10.0. The number of hydrogen-bond donors (Lipinski definition) is 1. The first-order valence-corrected chi connectivity index (χ1v) is 8.30. The minimum Gasteiger partial charge on any atom is -0.450 e. The van der Waals surface area contributed by atoms with E-state index in [1.165, 1.54) is 5.41 Å². The highest BCUT2D eigenvalue weighted by atomic mass is 32.2. The van der Waals surface area contributed by atoms with Crippen LogP contribution in [0.5, 0.6) is 0 Å². The first kappa shape index (κ1) is 14.3. The van der Waals surface area contributed by atoms with Crippen LogP contribution in [-0.4, -0.2) is 56.9 Å². The number of nitrogens with zero attached hydrogens (tertiary/aromatic N) is 1. The van der Waals surface area contributed by atoms with Crippen molar-refractivity contribution in [3.63, 3.8) is 0 Å². The van der Waals surface area contributed by atoms with E-state index in [0.717, 1.165) is 12.8 Å². The van der Waals surface area contributed by atoms with Gasteiger partial charge in [-0.2, -0.15) is 0 Å². The summed E-state index contributed by atoms with van der Waals surface area (Å²) in [6, 6.07) is 0.165. The van der Waals surface area contributed by atoms with Gasteiger partial charge in [0.2, 0.25) is 0 Å². The summed E-state index contributed by atoms with van der Waals surface area (Å²) in [5.41, 5.74) is 0. The molecular formula is C12H20N2O4S. The molecule has 19 heavy (non-hydrogen) atoms.